The average Bonchev–Trinajstić information content (AvgIpc) is 3.38. The molecule has 218 valence electrons. The van der Waals surface area contributed by atoms with Crippen LogP contribution < -0.4 is 14.2 Å². The van der Waals surface area contributed by atoms with Crippen molar-refractivity contribution in [1.29, 1.82) is 0 Å². The maximum Gasteiger partial charge on any atom is 0.227 e. The summed E-state index contributed by atoms with van der Waals surface area (Å²) >= 11 is 1.75. The van der Waals surface area contributed by atoms with Crippen LogP contribution in [-0.2, 0) is 17.9 Å². The molecule has 0 N–H and O–H groups in total. The first-order valence-corrected chi connectivity index (χ1v) is 16.5. The third kappa shape index (κ3) is 11.8. The lowest BCUT2D eigenvalue weighted by atomic mass is 10.1. The molecule has 0 unspecified atom stereocenters. The molecule has 1 aromatic heterocycles. The van der Waals surface area contributed by atoms with Gasteiger partial charge < -0.3 is 9.64 Å². The number of amides is 1. The van der Waals surface area contributed by atoms with Crippen molar-refractivity contribution in [1.82, 2.24) is 0 Å². The molecule has 0 aliphatic rings. The van der Waals surface area contributed by atoms with Gasteiger partial charge in [0.25, 0.3) is 0 Å². The molecule has 0 aliphatic carbocycles. The first kappa shape index (κ1) is 31.9. The van der Waals surface area contributed by atoms with Crippen molar-refractivity contribution in [2.45, 2.75) is 117 Å². The molecule has 0 saturated heterocycles. The highest BCUT2D eigenvalue weighted by Gasteiger charge is 2.16. The fourth-order valence-corrected chi connectivity index (χ4v) is 5.72. The summed E-state index contributed by atoms with van der Waals surface area (Å²) in [6, 6.07) is 16.6. The number of rotatable bonds is 20. The number of aryl methyl sites for hydroxylation is 1. The monoisotopic (exact) mass is 563 g/mol. The summed E-state index contributed by atoms with van der Waals surface area (Å²) in [5, 5.41) is 0. The van der Waals surface area contributed by atoms with Crippen molar-refractivity contribution in [2.75, 3.05) is 11.5 Å². The molecule has 0 saturated carbocycles. The molecule has 3 aromatic rings. The van der Waals surface area contributed by atoms with Crippen molar-refractivity contribution in [3.63, 3.8) is 0 Å². The predicted molar refractivity (Wildman–Crippen MR) is 169 cm³/mol. The molecule has 3 rings (SSSR count). The Kier molecular flexibility index (Phi) is 14.9. The predicted octanol–water partition coefficient (Wildman–Crippen LogP) is 9.42. The molecule has 1 heterocycles. The normalized spacial score (nSPS) is 11.1. The van der Waals surface area contributed by atoms with Gasteiger partial charge in [-0.25, -0.2) is 0 Å². The highest BCUT2D eigenvalue weighted by Crippen LogP contribution is 2.22. The molecule has 0 spiro atoms. The number of nitrogens with zero attached hydrogens (tertiary/aromatic N) is 2. The van der Waals surface area contributed by atoms with Crippen LogP contribution in [0, 0.1) is 6.92 Å². The fraction of sp³-hybridized carbons (Fsp3) is 0.543. The van der Waals surface area contributed by atoms with Crippen LogP contribution in [0.25, 0.3) is 0 Å². The molecule has 2 aromatic carbocycles. The summed E-state index contributed by atoms with van der Waals surface area (Å²) < 4.78 is 8.20. The van der Waals surface area contributed by atoms with Crippen LogP contribution in [-0.4, -0.2) is 12.5 Å². The van der Waals surface area contributed by atoms with Gasteiger partial charge in [-0.05, 0) is 43.2 Å². The highest BCUT2D eigenvalue weighted by molar-refractivity contribution is 7.09. The summed E-state index contributed by atoms with van der Waals surface area (Å²) in [5.41, 5.74) is 5.38. The zero-order chi connectivity index (χ0) is 28.4. The van der Waals surface area contributed by atoms with Crippen LogP contribution in [0.15, 0.2) is 60.2 Å². The minimum absolute atomic E-state index is 0.128. The van der Waals surface area contributed by atoms with Crippen molar-refractivity contribution < 1.29 is 14.1 Å². The molecule has 4 nitrogen and oxygen atoms in total. The van der Waals surface area contributed by atoms with E-state index in [0.29, 0.717) is 13.0 Å². The van der Waals surface area contributed by atoms with Crippen molar-refractivity contribution in [2.24, 2.45) is 0 Å². The third-order valence-electron chi connectivity index (χ3n) is 7.44. The van der Waals surface area contributed by atoms with Gasteiger partial charge in [-0.3, -0.25) is 4.79 Å². The lowest BCUT2D eigenvalue weighted by molar-refractivity contribution is -0.683. The van der Waals surface area contributed by atoms with E-state index < -0.39 is 0 Å². The van der Waals surface area contributed by atoms with Gasteiger partial charge in [-0.1, -0.05) is 120 Å². The van der Waals surface area contributed by atoms with E-state index in [1.807, 2.05) is 36.1 Å². The molecule has 0 atom stereocenters. The van der Waals surface area contributed by atoms with E-state index in [2.05, 4.69) is 54.4 Å². The fourth-order valence-electron chi connectivity index (χ4n) is 5.08. The molecular weight excluding hydrogens is 512 g/mol. The summed E-state index contributed by atoms with van der Waals surface area (Å²) in [6.45, 7) is 8.45. The minimum atomic E-state index is 0.128. The summed E-state index contributed by atoms with van der Waals surface area (Å²) in [6.07, 6.45) is 18.8. The van der Waals surface area contributed by atoms with E-state index in [1.54, 1.807) is 11.3 Å². The minimum Gasteiger partial charge on any atom is -0.494 e. The second kappa shape index (κ2) is 18.6. The van der Waals surface area contributed by atoms with Gasteiger partial charge in [0.1, 0.15) is 5.75 Å². The van der Waals surface area contributed by atoms with Crippen molar-refractivity contribution in [3.05, 3.63) is 76.2 Å². The van der Waals surface area contributed by atoms with Gasteiger partial charge in [0.2, 0.25) is 11.4 Å². The summed E-state index contributed by atoms with van der Waals surface area (Å²) in [4.78, 5) is 16.1. The van der Waals surface area contributed by atoms with E-state index >= 15 is 0 Å². The molecule has 0 bridgehead atoms. The number of carbonyl (C=O) groups excluding carboxylic acids is 1. The molecule has 0 radical (unpaired) electrons. The van der Waals surface area contributed by atoms with Gasteiger partial charge in [0.15, 0.2) is 12.7 Å². The van der Waals surface area contributed by atoms with Crippen LogP contribution in [0.2, 0.25) is 0 Å². The Labute approximate surface area is 247 Å². The Morgan fingerprint density at radius 3 is 2.08 bits per heavy atom. The largest absolute Gasteiger partial charge is 0.494 e. The number of ether oxygens (including phenoxy) is 1. The summed E-state index contributed by atoms with van der Waals surface area (Å²) in [7, 11) is 0. The van der Waals surface area contributed by atoms with E-state index in [1.165, 1.54) is 81.1 Å². The number of hydrogen-bond acceptors (Lipinski definition) is 3. The standard InChI is InChI=1S/C35H51N2O2S/c1-4-6-7-8-9-10-11-12-13-14-15-16-24-39-34-22-20-31(21-23-34)28-37(35(38)5-2)33-19-17-18-32(25-33)27-36-26-30(3)40-29-36/h17-23,25-26,29H,4-16,24,27-28H2,1-3H3/q+1. The lowest BCUT2D eigenvalue weighted by Gasteiger charge is -2.23. The van der Waals surface area contributed by atoms with Gasteiger partial charge >= 0.3 is 0 Å². The smallest absolute Gasteiger partial charge is 0.227 e. The molecule has 5 heteroatoms. The van der Waals surface area contributed by atoms with Crippen LogP contribution in [0.3, 0.4) is 0 Å². The Morgan fingerprint density at radius 1 is 0.825 bits per heavy atom. The molecule has 1 amide bonds. The summed E-state index contributed by atoms with van der Waals surface area (Å²) in [5.74, 6) is 1.04. The number of benzene rings is 2. The first-order valence-electron chi connectivity index (χ1n) is 15.6. The molecular formula is C35H51N2O2S+. The third-order valence-corrected chi connectivity index (χ3v) is 8.30. The number of carbonyl (C=O) groups is 1. The Hall–Kier alpha value is -2.66. The van der Waals surface area contributed by atoms with Gasteiger partial charge in [-0.2, -0.15) is 4.57 Å². The number of thiazole rings is 1. The van der Waals surface area contributed by atoms with Crippen LogP contribution >= 0.6 is 11.3 Å². The second-order valence-corrected chi connectivity index (χ2v) is 12.1. The molecule has 40 heavy (non-hydrogen) atoms. The zero-order valence-corrected chi connectivity index (χ0v) is 26.0. The van der Waals surface area contributed by atoms with Crippen LogP contribution in [0.4, 0.5) is 5.69 Å². The molecule has 0 fully saturated rings. The van der Waals surface area contributed by atoms with E-state index in [4.69, 9.17) is 4.74 Å². The number of hydrogen-bond donors (Lipinski definition) is 0. The highest BCUT2D eigenvalue weighted by atomic mass is 32.1. The van der Waals surface area contributed by atoms with E-state index in [-0.39, 0.29) is 5.91 Å². The SMILES string of the molecule is CCCCCCCCCCCCCCOc1ccc(CN(C(=O)CC)c2cccc(C[n+]3csc(C)c3)c2)cc1. The van der Waals surface area contributed by atoms with Crippen molar-refractivity contribution in [3.8, 4) is 5.75 Å². The van der Waals surface area contributed by atoms with Gasteiger partial charge in [0, 0.05) is 17.7 Å². The lowest BCUT2D eigenvalue weighted by Crippen LogP contribution is -2.32. The quantitative estimate of drug-likeness (QED) is 0.101. The topological polar surface area (TPSA) is 33.4 Å². The second-order valence-electron chi connectivity index (χ2n) is 11.0. The maximum atomic E-state index is 12.9. The van der Waals surface area contributed by atoms with Gasteiger partial charge in [0.05, 0.1) is 18.0 Å². The van der Waals surface area contributed by atoms with E-state index in [0.717, 1.165) is 36.6 Å². The van der Waals surface area contributed by atoms with Crippen LogP contribution in [0.1, 0.15) is 113 Å². The maximum absolute atomic E-state index is 12.9. The molecule has 0 aliphatic heterocycles. The van der Waals surface area contributed by atoms with Crippen molar-refractivity contribution >= 4 is 22.9 Å². The number of aromatic nitrogens is 1. The Morgan fingerprint density at radius 2 is 1.48 bits per heavy atom. The Balaban J connectivity index is 1.38. The number of anilines is 1. The van der Waals surface area contributed by atoms with E-state index in [9.17, 15) is 4.79 Å². The average molecular weight is 564 g/mol. The number of unbranched alkanes of at least 4 members (excludes halogenated alkanes) is 11. The van der Waals surface area contributed by atoms with Gasteiger partial charge in [-0.15, -0.1) is 0 Å². The van der Waals surface area contributed by atoms with Crippen LogP contribution in [0.5, 0.6) is 5.75 Å². The zero-order valence-electron chi connectivity index (χ0n) is 25.2. The first-order chi connectivity index (χ1) is 19.6. The Bertz CT molecular complexity index is 1110.